The van der Waals surface area contributed by atoms with Gasteiger partial charge in [-0.1, -0.05) is 24.9 Å². The van der Waals surface area contributed by atoms with Crippen molar-refractivity contribution in [3.8, 4) is 0 Å². The molecule has 0 amide bonds. The number of rotatable bonds is 6. The number of unbranched alkanes of at least 4 members (excludes halogenated alkanes) is 2. The smallest absolute Gasteiger partial charge is 0.309 e. The third-order valence-corrected chi connectivity index (χ3v) is 5.27. The zero-order chi connectivity index (χ0) is 14.2. The van der Waals surface area contributed by atoms with E-state index in [1.807, 2.05) is 4.90 Å². The average Bonchev–Trinajstić information content (AvgIpc) is 3.07. The van der Waals surface area contributed by atoms with Crippen LogP contribution in [0.5, 0.6) is 0 Å². The van der Waals surface area contributed by atoms with Gasteiger partial charge in [0.25, 0.3) is 0 Å². The number of nitrogens with zero attached hydrogens (tertiary/aromatic N) is 4. The molecule has 1 aromatic heterocycles. The molecule has 7 heteroatoms. The zero-order valence-corrected chi connectivity index (χ0v) is 12.7. The summed E-state index contributed by atoms with van der Waals surface area (Å²) in [4.78, 5) is 2.05. The van der Waals surface area contributed by atoms with Crippen LogP contribution in [0, 0.1) is 5.21 Å². The highest BCUT2D eigenvalue weighted by Crippen LogP contribution is 2.44. The molecule has 0 bridgehead atoms. The van der Waals surface area contributed by atoms with Crippen molar-refractivity contribution >= 4 is 16.5 Å². The second-order valence-electron chi connectivity index (χ2n) is 5.90. The highest BCUT2D eigenvalue weighted by atomic mass is 32.1. The molecular formula is C13H22N4O2S. The number of hydrogen-bond donors (Lipinski definition) is 1. The normalized spacial score (nSPS) is 31.1. The summed E-state index contributed by atoms with van der Waals surface area (Å²) >= 11 is 1.38. The van der Waals surface area contributed by atoms with Crippen molar-refractivity contribution < 1.29 is 5.11 Å². The molecule has 0 spiro atoms. The van der Waals surface area contributed by atoms with E-state index in [4.69, 9.17) is 0 Å². The highest BCUT2D eigenvalue weighted by molar-refractivity contribution is 7.15. The monoisotopic (exact) mass is 298 g/mol. The van der Waals surface area contributed by atoms with Crippen molar-refractivity contribution in [1.82, 2.24) is 19.7 Å². The number of aromatic nitrogens is 2. The van der Waals surface area contributed by atoms with Gasteiger partial charge in [0, 0.05) is 12.5 Å². The summed E-state index contributed by atoms with van der Waals surface area (Å²) in [7, 11) is 0. The largest absolute Gasteiger partial charge is 0.623 e. The first-order valence-electron chi connectivity index (χ1n) is 7.46. The summed E-state index contributed by atoms with van der Waals surface area (Å²) in [5.74, 6) is 0.508. The quantitative estimate of drug-likeness (QED) is 0.494. The van der Waals surface area contributed by atoms with Crippen LogP contribution in [0.4, 0.5) is 5.13 Å². The minimum absolute atomic E-state index is 0.296. The molecule has 3 rings (SSSR count). The number of aliphatic hydroxyl groups excluding tert-OH is 1. The second-order valence-corrected chi connectivity index (χ2v) is 6.89. The molecule has 0 radical (unpaired) electrons. The number of aliphatic hydroxyl groups is 1. The minimum Gasteiger partial charge on any atom is -0.623 e. The molecule has 2 atom stereocenters. The van der Waals surface area contributed by atoms with Crippen LogP contribution in [0.2, 0.25) is 0 Å². The van der Waals surface area contributed by atoms with Crippen molar-refractivity contribution in [2.45, 2.75) is 51.2 Å². The molecule has 2 aliphatic rings. The molecule has 1 saturated carbocycles. The molecule has 1 aliphatic carbocycles. The summed E-state index contributed by atoms with van der Waals surface area (Å²) in [6.45, 7) is 3.77. The summed E-state index contributed by atoms with van der Waals surface area (Å²) in [5.41, 5.74) is 0. The molecule has 1 N–H and O–H groups in total. The lowest BCUT2D eigenvalue weighted by Crippen LogP contribution is -2.48. The number of quaternary nitrogens is 1. The van der Waals surface area contributed by atoms with Gasteiger partial charge in [0.15, 0.2) is 0 Å². The Labute approximate surface area is 123 Å². The van der Waals surface area contributed by atoms with Crippen LogP contribution in [0.15, 0.2) is 0 Å². The van der Waals surface area contributed by atoms with Crippen LogP contribution < -0.4 is 4.65 Å². The SMILES string of the molecule is CCCCCN1CC(O)[N+]([O-])(c2nnc(C3CC3)s2)C1. The predicted octanol–water partition coefficient (Wildman–Crippen LogP) is 2.00. The third kappa shape index (κ3) is 2.73. The first-order valence-corrected chi connectivity index (χ1v) is 8.28. The average molecular weight is 298 g/mol. The molecule has 1 aromatic rings. The van der Waals surface area contributed by atoms with Crippen LogP contribution in [0.1, 0.15) is 50.0 Å². The van der Waals surface area contributed by atoms with Gasteiger partial charge in [-0.3, -0.25) is 4.65 Å². The van der Waals surface area contributed by atoms with Crippen molar-refractivity contribution in [1.29, 1.82) is 0 Å². The molecular weight excluding hydrogens is 276 g/mol. The van der Waals surface area contributed by atoms with Gasteiger partial charge in [0.2, 0.25) is 6.23 Å². The molecule has 112 valence electrons. The lowest BCUT2D eigenvalue weighted by Gasteiger charge is -2.36. The molecule has 0 aromatic carbocycles. The molecule has 2 fully saturated rings. The Hall–Kier alpha value is -0.600. The fourth-order valence-electron chi connectivity index (χ4n) is 2.62. The van der Waals surface area contributed by atoms with E-state index in [2.05, 4.69) is 17.1 Å². The van der Waals surface area contributed by atoms with E-state index in [0.29, 0.717) is 24.3 Å². The zero-order valence-electron chi connectivity index (χ0n) is 11.9. The topological polar surface area (TPSA) is 72.3 Å². The van der Waals surface area contributed by atoms with Crippen LogP contribution in [0.3, 0.4) is 0 Å². The Kier molecular flexibility index (Phi) is 4.05. The van der Waals surface area contributed by atoms with Crippen LogP contribution in [-0.2, 0) is 0 Å². The van der Waals surface area contributed by atoms with Gasteiger partial charge in [0.1, 0.15) is 11.7 Å². The standard InChI is InChI=1S/C13H22N4O2S/c1-2-3-4-7-16-8-11(18)17(19,9-16)13-15-14-12(20-13)10-5-6-10/h10-11,18H,2-9H2,1H3. The van der Waals surface area contributed by atoms with E-state index >= 15 is 0 Å². The Bertz CT molecular complexity index is 465. The molecule has 6 nitrogen and oxygen atoms in total. The van der Waals surface area contributed by atoms with E-state index in [0.717, 1.165) is 43.7 Å². The van der Waals surface area contributed by atoms with Gasteiger partial charge >= 0.3 is 5.13 Å². The highest BCUT2D eigenvalue weighted by Gasteiger charge is 2.43. The van der Waals surface area contributed by atoms with Gasteiger partial charge in [-0.2, -0.15) is 0 Å². The van der Waals surface area contributed by atoms with Gasteiger partial charge in [0.05, 0.1) is 6.54 Å². The van der Waals surface area contributed by atoms with E-state index in [9.17, 15) is 10.3 Å². The van der Waals surface area contributed by atoms with Crippen LogP contribution in [-0.4, -0.2) is 46.2 Å². The Balaban J connectivity index is 1.66. The summed E-state index contributed by atoms with van der Waals surface area (Å²) in [6, 6.07) is 0. The van der Waals surface area contributed by atoms with E-state index < -0.39 is 10.9 Å². The Morgan fingerprint density at radius 3 is 2.90 bits per heavy atom. The van der Waals surface area contributed by atoms with Crippen LogP contribution >= 0.6 is 11.3 Å². The molecule has 2 unspecified atom stereocenters. The lowest BCUT2D eigenvalue weighted by molar-refractivity contribution is 0.0843. The van der Waals surface area contributed by atoms with Crippen molar-refractivity contribution in [2.24, 2.45) is 0 Å². The fraction of sp³-hybridized carbons (Fsp3) is 0.846. The van der Waals surface area contributed by atoms with Gasteiger partial charge in [-0.05, 0) is 30.6 Å². The second kappa shape index (κ2) is 5.65. The number of hydrogen-bond acceptors (Lipinski definition) is 6. The maximum atomic E-state index is 12.9. The Morgan fingerprint density at radius 2 is 2.20 bits per heavy atom. The lowest BCUT2D eigenvalue weighted by atomic mass is 10.2. The molecule has 1 aliphatic heterocycles. The van der Waals surface area contributed by atoms with E-state index in [1.165, 1.54) is 11.3 Å². The summed E-state index contributed by atoms with van der Waals surface area (Å²) < 4.78 is -0.740. The van der Waals surface area contributed by atoms with Crippen LogP contribution in [0.25, 0.3) is 0 Å². The molecule has 2 heterocycles. The van der Waals surface area contributed by atoms with Crippen molar-refractivity contribution in [3.63, 3.8) is 0 Å². The number of hydroxylamine groups is 2. The minimum atomic E-state index is -0.934. The number of β-amino-alcohol motifs (C(OH)–C–C–N with tert-alkyl or cyclic N) is 1. The summed E-state index contributed by atoms with van der Waals surface area (Å²) in [6.07, 6.45) is 4.77. The van der Waals surface area contributed by atoms with Gasteiger partial charge < -0.3 is 10.3 Å². The fourth-order valence-corrected chi connectivity index (χ4v) is 3.71. The van der Waals surface area contributed by atoms with E-state index in [1.54, 1.807) is 0 Å². The predicted molar refractivity (Wildman–Crippen MR) is 79.0 cm³/mol. The maximum absolute atomic E-state index is 12.9. The maximum Gasteiger partial charge on any atom is 0.309 e. The Morgan fingerprint density at radius 1 is 1.40 bits per heavy atom. The van der Waals surface area contributed by atoms with Gasteiger partial charge in [-0.15, -0.1) is 5.10 Å². The van der Waals surface area contributed by atoms with Gasteiger partial charge in [-0.25, -0.2) is 4.90 Å². The molecule has 20 heavy (non-hydrogen) atoms. The molecule has 1 saturated heterocycles. The summed E-state index contributed by atoms with van der Waals surface area (Å²) in [5, 5.41) is 32.6. The van der Waals surface area contributed by atoms with E-state index in [-0.39, 0.29) is 0 Å². The first kappa shape index (κ1) is 14.3. The first-order chi connectivity index (χ1) is 9.63. The van der Waals surface area contributed by atoms with Crippen molar-refractivity contribution in [2.75, 3.05) is 19.8 Å². The van der Waals surface area contributed by atoms with Crippen molar-refractivity contribution in [3.05, 3.63) is 10.2 Å². The third-order valence-electron chi connectivity index (χ3n) is 4.07.